The van der Waals surface area contributed by atoms with Crippen molar-refractivity contribution in [2.75, 3.05) is 31.5 Å². The highest BCUT2D eigenvalue weighted by Crippen LogP contribution is 2.37. The van der Waals surface area contributed by atoms with E-state index in [-0.39, 0.29) is 5.97 Å². The van der Waals surface area contributed by atoms with E-state index in [1.165, 1.54) is 0 Å². The molecule has 1 saturated heterocycles. The molecular weight excluding hydrogens is 366 g/mol. The van der Waals surface area contributed by atoms with Crippen molar-refractivity contribution in [3.8, 4) is 0 Å². The van der Waals surface area contributed by atoms with Crippen LogP contribution in [0.1, 0.15) is 42.1 Å². The van der Waals surface area contributed by atoms with Gasteiger partial charge in [0.1, 0.15) is 5.60 Å². The molecule has 6 nitrogen and oxygen atoms in total. The Morgan fingerprint density at radius 3 is 2.38 bits per heavy atom. The number of primary amides is 1. The van der Waals surface area contributed by atoms with Gasteiger partial charge in [0.15, 0.2) is 0 Å². The number of hydrogen-bond acceptors (Lipinski definition) is 5. The van der Waals surface area contributed by atoms with Crippen LogP contribution in [0.4, 0.5) is 5.69 Å². The fraction of sp³-hybridized carbons (Fsp3) is 0.391. The second kappa shape index (κ2) is 9.56. The van der Waals surface area contributed by atoms with Crippen molar-refractivity contribution in [3.63, 3.8) is 0 Å². The van der Waals surface area contributed by atoms with Crippen LogP contribution in [0.2, 0.25) is 0 Å². The first kappa shape index (κ1) is 20.9. The van der Waals surface area contributed by atoms with Gasteiger partial charge in [-0.2, -0.15) is 0 Å². The third kappa shape index (κ3) is 5.15. The minimum Gasteiger partial charge on any atom is -0.454 e. The predicted octanol–water partition coefficient (Wildman–Crippen LogP) is 3.14. The molecule has 154 valence electrons. The monoisotopic (exact) mass is 395 g/mol. The van der Waals surface area contributed by atoms with Crippen LogP contribution in [0.3, 0.4) is 0 Å². The molecule has 3 rings (SSSR count). The number of rotatable bonds is 8. The van der Waals surface area contributed by atoms with Crippen LogP contribution in [0.15, 0.2) is 54.6 Å². The minimum absolute atomic E-state index is 0.160. The van der Waals surface area contributed by atoms with Crippen molar-refractivity contribution in [1.82, 2.24) is 4.90 Å². The number of anilines is 1. The molecule has 1 fully saturated rings. The van der Waals surface area contributed by atoms with E-state index in [2.05, 4.69) is 10.2 Å². The summed E-state index contributed by atoms with van der Waals surface area (Å²) in [7, 11) is 0. The topological polar surface area (TPSA) is 84.7 Å². The molecule has 0 saturated carbocycles. The van der Waals surface area contributed by atoms with Crippen molar-refractivity contribution in [3.05, 3.63) is 65.7 Å². The summed E-state index contributed by atoms with van der Waals surface area (Å²) in [5.74, 6) is -0.594. The molecule has 2 aromatic carbocycles. The van der Waals surface area contributed by atoms with E-state index in [1.54, 1.807) is 12.1 Å². The van der Waals surface area contributed by atoms with E-state index in [1.807, 2.05) is 49.4 Å². The number of para-hydroxylation sites is 1. The number of carbonyl (C=O) groups is 2. The molecule has 29 heavy (non-hydrogen) atoms. The summed E-state index contributed by atoms with van der Waals surface area (Å²) in [4.78, 5) is 26.0. The van der Waals surface area contributed by atoms with Gasteiger partial charge in [0.05, 0.1) is 5.56 Å². The Kier molecular flexibility index (Phi) is 6.88. The zero-order valence-corrected chi connectivity index (χ0v) is 16.9. The van der Waals surface area contributed by atoms with Gasteiger partial charge in [-0.1, -0.05) is 49.4 Å². The number of nitrogens with zero attached hydrogens (tertiary/aromatic N) is 1. The first-order valence-corrected chi connectivity index (χ1v) is 10.2. The average Bonchev–Trinajstić information content (AvgIpc) is 2.76. The lowest BCUT2D eigenvalue weighted by Gasteiger charge is -2.41. The van der Waals surface area contributed by atoms with Crippen molar-refractivity contribution in [2.24, 2.45) is 5.73 Å². The van der Waals surface area contributed by atoms with Gasteiger partial charge in [-0.3, -0.25) is 9.59 Å². The van der Waals surface area contributed by atoms with E-state index < -0.39 is 11.5 Å². The lowest BCUT2D eigenvalue weighted by Crippen LogP contribution is -2.46. The molecule has 1 heterocycles. The molecule has 0 bridgehead atoms. The number of nitrogens with one attached hydrogen (secondary N) is 1. The summed E-state index contributed by atoms with van der Waals surface area (Å²) < 4.78 is 5.95. The minimum atomic E-state index is -0.545. The van der Waals surface area contributed by atoms with E-state index in [0.717, 1.165) is 43.7 Å². The number of hydrogen-bond donors (Lipinski definition) is 2. The number of ether oxygens (including phenoxy) is 1. The lowest BCUT2D eigenvalue weighted by atomic mass is 9.84. The van der Waals surface area contributed by atoms with Gasteiger partial charge < -0.3 is 20.7 Å². The number of benzene rings is 2. The second-order valence-electron chi connectivity index (χ2n) is 7.37. The van der Waals surface area contributed by atoms with Crippen LogP contribution < -0.4 is 11.1 Å². The Bertz CT molecular complexity index is 830. The van der Waals surface area contributed by atoms with Gasteiger partial charge in [-0.05, 0) is 17.7 Å². The Morgan fingerprint density at radius 2 is 1.72 bits per heavy atom. The van der Waals surface area contributed by atoms with Crippen LogP contribution in [-0.2, 0) is 15.1 Å². The summed E-state index contributed by atoms with van der Waals surface area (Å²) in [6.07, 6.45) is 1.91. The van der Waals surface area contributed by atoms with Crippen molar-refractivity contribution in [2.45, 2.75) is 31.8 Å². The van der Waals surface area contributed by atoms with Crippen LogP contribution in [0.25, 0.3) is 0 Å². The molecule has 1 aliphatic rings. The van der Waals surface area contributed by atoms with E-state index in [0.29, 0.717) is 18.5 Å². The van der Waals surface area contributed by atoms with Gasteiger partial charge in [0.25, 0.3) is 5.91 Å². The molecule has 1 amide bonds. The highest BCUT2D eigenvalue weighted by atomic mass is 16.6. The van der Waals surface area contributed by atoms with Crippen molar-refractivity contribution >= 4 is 17.6 Å². The zero-order valence-electron chi connectivity index (χ0n) is 16.9. The summed E-state index contributed by atoms with van der Waals surface area (Å²) >= 11 is 0. The molecule has 2 aromatic rings. The second-order valence-corrected chi connectivity index (χ2v) is 7.37. The average molecular weight is 396 g/mol. The van der Waals surface area contributed by atoms with E-state index >= 15 is 0 Å². The summed E-state index contributed by atoms with van der Waals surface area (Å²) in [5.41, 5.74) is 7.21. The largest absolute Gasteiger partial charge is 0.454 e. The van der Waals surface area contributed by atoms with Crippen LogP contribution in [-0.4, -0.2) is 43.0 Å². The fourth-order valence-electron chi connectivity index (χ4n) is 3.82. The standard InChI is InChI=1S/C23H29N3O3/c1-2-21(27)29-23(18-8-4-3-5-9-18)12-15-26(16-13-23)17-14-25-20-11-7-6-10-19(20)22(24)28/h3-11,25H,2,12-17H2,1H3,(H2,24,28). The molecule has 6 heteroatoms. The number of carbonyl (C=O) groups excluding carboxylic acids is 2. The maximum atomic E-state index is 12.1. The molecule has 1 aliphatic heterocycles. The Labute approximate surface area is 172 Å². The number of piperidine rings is 1. The molecular formula is C23H29N3O3. The molecule has 0 unspecified atom stereocenters. The lowest BCUT2D eigenvalue weighted by molar-refractivity contribution is -0.166. The van der Waals surface area contributed by atoms with Crippen LogP contribution in [0, 0.1) is 0 Å². The van der Waals surface area contributed by atoms with Gasteiger partial charge >= 0.3 is 5.97 Å². The number of likely N-dealkylation sites (tertiary alicyclic amines) is 1. The van der Waals surface area contributed by atoms with Crippen molar-refractivity contribution in [1.29, 1.82) is 0 Å². The third-order valence-electron chi connectivity index (χ3n) is 5.50. The summed E-state index contributed by atoms with van der Waals surface area (Å²) in [5, 5.41) is 3.31. The molecule has 0 radical (unpaired) electrons. The third-order valence-corrected chi connectivity index (χ3v) is 5.50. The SMILES string of the molecule is CCC(=O)OC1(c2ccccc2)CCN(CCNc2ccccc2C(N)=O)CC1. The first-order valence-electron chi connectivity index (χ1n) is 10.2. The number of nitrogens with two attached hydrogens (primary N) is 1. The van der Waals surface area contributed by atoms with Crippen LogP contribution in [0.5, 0.6) is 0 Å². The van der Waals surface area contributed by atoms with Crippen LogP contribution >= 0.6 is 0 Å². The zero-order chi connectivity index (χ0) is 20.7. The molecule has 0 aromatic heterocycles. The van der Waals surface area contributed by atoms with Gasteiger partial charge in [-0.15, -0.1) is 0 Å². The summed E-state index contributed by atoms with van der Waals surface area (Å²) in [6.45, 7) is 5.04. The van der Waals surface area contributed by atoms with Gasteiger partial charge in [0, 0.05) is 51.1 Å². The van der Waals surface area contributed by atoms with Crippen molar-refractivity contribution < 1.29 is 14.3 Å². The molecule has 0 spiro atoms. The van der Waals surface area contributed by atoms with E-state index in [4.69, 9.17) is 10.5 Å². The predicted molar refractivity (Wildman–Crippen MR) is 114 cm³/mol. The maximum Gasteiger partial charge on any atom is 0.306 e. The highest BCUT2D eigenvalue weighted by Gasteiger charge is 2.39. The molecule has 3 N–H and O–H groups in total. The highest BCUT2D eigenvalue weighted by molar-refractivity contribution is 5.98. The number of amides is 1. The normalized spacial score (nSPS) is 16.2. The molecule has 0 aliphatic carbocycles. The number of esters is 1. The quantitative estimate of drug-likeness (QED) is 0.671. The Morgan fingerprint density at radius 1 is 1.07 bits per heavy atom. The molecule has 0 atom stereocenters. The summed E-state index contributed by atoms with van der Waals surface area (Å²) in [6, 6.07) is 17.3. The van der Waals surface area contributed by atoms with Gasteiger partial charge in [-0.25, -0.2) is 0 Å². The van der Waals surface area contributed by atoms with E-state index in [9.17, 15) is 9.59 Å². The Balaban J connectivity index is 1.58. The van der Waals surface area contributed by atoms with Gasteiger partial charge in [0.2, 0.25) is 0 Å². The first-order chi connectivity index (χ1) is 14.0. The Hall–Kier alpha value is -2.86. The smallest absolute Gasteiger partial charge is 0.306 e. The maximum absolute atomic E-state index is 12.1. The fourth-order valence-corrected chi connectivity index (χ4v) is 3.82.